The number of likely N-dealkylation sites (tertiary alicyclic amines) is 1. The summed E-state index contributed by atoms with van der Waals surface area (Å²) in [4.78, 5) is 53.5. The standard InChI is InChI=1S/C20H18ClN3O5S/c1-11-5-6-12(8-14(11)21)23-16(25)10-29-20(28)13-4-3-7-22-18(13)30-15-9-17(26)24(2)19(15)27/h3-8,15H,9-10H2,1-2H3,(H,23,25). The first kappa shape index (κ1) is 21.8. The summed E-state index contributed by atoms with van der Waals surface area (Å²) in [5.41, 5.74) is 1.47. The van der Waals surface area contributed by atoms with Gasteiger partial charge in [-0.1, -0.05) is 29.4 Å². The van der Waals surface area contributed by atoms with Gasteiger partial charge in [0.2, 0.25) is 11.8 Å². The van der Waals surface area contributed by atoms with Crippen LogP contribution in [-0.4, -0.2) is 52.5 Å². The summed E-state index contributed by atoms with van der Waals surface area (Å²) < 4.78 is 5.09. The molecule has 0 saturated carbocycles. The molecule has 30 heavy (non-hydrogen) atoms. The van der Waals surface area contributed by atoms with Gasteiger partial charge in [0.05, 0.1) is 10.8 Å². The number of carbonyl (C=O) groups is 4. The lowest BCUT2D eigenvalue weighted by molar-refractivity contribution is -0.136. The van der Waals surface area contributed by atoms with Gasteiger partial charge in [0.1, 0.15) is 5.03 Å². The van der Waals surface area contributed by atoms with E-state index in [2.05, 4.69) is 10.3 Å². The van der Waals surface area contributed by atoms with Crippen molar-refractivity contribution in [2.75, 3.05) is 19.0 Å². The van der Waals surface area contributed by atoms with Gasteiger partial charge in [-0.25, -0.2) is 9.78 Å². The Hall–Kier alpha value is -2.91. The van der Waals surface area contributed by atoms with Crippen LogP contribution in [0.4, 0.5) is 5.69 Å². The lowest BCUT2D eigenvalue weighted by Gasteiger charge is -2.11. The molecular formula is C20H18ClN3O5S. The summed E-state index contributed by atoms with van der Waals surface area (Å²) in [6.07, 6.45) is 1.50. The fraction of sp³-hybridized carbons (Fsp3) is 0.250. The predicted octanol–water partition coefficient (Wildman–Crippen LogP) is 2.69. The molecule has 1 unspecified atom stereocenters. The Balaban J connectivity index is 1.61. The van der Waals surface area contributed by atoms with Crippen molar-refractivity contribution in [1.29, 1.82) is 0 Å². The normalized spacial score (nSPS) is 16.0. The molecule has 156 valence electrons. The number of amides is 3. The molecule has 1 fully saturated rings. The van der Waals surface area contributed by atoms with Crippen LogP contribution in [0.5, 0.6) is 0 Å². The third-order valence-electron chi connectivity index (χ3n) is 4.38. The van der Waals surface area contributed by atoms with E-state index in [9.17, 15) is 19.2 Å². The summed E-state index contributed by atoms with van der Waals surface area (Å²) in [5, 5.41) is 2.71. The van der Waals surface area contributed by atoms with E-state index in [-0.39, 0.29) is 28.8 Å². The van der Waals surface area contributed by atoms with Crippen molar-refractivity contribution in [3.8, 4) is 0 Å². The highest BCUT2D eigenvalue weighted by molar-refractivity contribution is 8.00. The SMILES string of the molecule is Cc1ccc(NC(=O)COC(=O)c2cccnc2SC2CC(=O)N(C)C2=O)cc1Cl. The molecule has 2 heterocycles. The van der Waals surface area contributed by atoms with Gasteiger partial charge in [0.15, 0.2) is 6.61 Å². The van der Waals surface area contributed by atoms with E-state index < -0.39 is 23.7 Å². The van der Waals surface area contributed by atoms with Crippen LogP contribution in [0.2, 0.25) is 5.02 Å². The molecule has 8 nitrogen and oxygen atoms in total. The fourth-order valence-corrected chi connectivity index (χ4v) is 4.00. The Morgan fingerprint density at radius 3 is 2.77 bits per heavy atom. The van der Waals surface area contributed by atoms with Gasteiger partial charge < -0.3 is 10.1 Å². The van der Waals surface area contributed by atoms with E-state index in [1.807, 2.05) is 6.92 Å². The van der Waals surface area contributed by atoms with Gasteiger partial charge in [0.25, 0.3) is 5.91 Å². The van der Waals surface area contributed by atoms with Crippen molar-refractivity contribution in [1.82, 2.24) is 9.88 Å². The van der Waals surface area contributed by atoms with Crippen LogP contribution in [0.1, 0.15) is 22.3 Å². The zero-order valence-corrected chi connectivity index (χ0v) is 17.7. The second kappa shape index (κ2) is 9.27. The van der Waals surface area contributed by atoms with Crippen molar-refractivity contribution >= 4 is 52.7 Å². The quantitative estimate of drug-likeness (QED) is 0.536. The highest BCUT2D eigenvalue weighted by atomic mass is 35.5. The third kappa shape index (κ3) is 4.98. The molecule has 0 aliphatic carbocycles. The average Bonchev–Trinajstić information content (AvgIpc) is 2.96. The second-order valence-electron chi connectivity index (χ2n) is 6.55. The molecule has 3 rings (SSSR count). The highest BCUT2D eigenvalue weighted by Gasteiger charge is 2.37. The Kier molecular flexibility index (Phi) is 6.73. The van der Waals surface area contributed by atoms with E-state index in [1.54, 1.807) is 24.3 Å². The smallest absolute Gasteiger partial charge is 0.341 e. The number of esters is 1. The molecule has 1 saturated heterocycles. The van der Waals surface area contributed by atoms with Crippen LogP contribution in [0.25, 0.3) is 0 Å². The topological polar surface area (TPSA) is 106 Å². The lowest BCUT2D eigenvalue weighted by atomic mass is 10.2. The number of rotatable bonds is 6. The number of benzene rings is 1. The summed E-state index contributed by atoms with van der Waals surface area (Å²) in [5.74, 6) is -1.91. The molecule has 0 radical (unpaired) electrons. The fourth-order valence-electron chi connectivity index (χ4n) is 2.67. The Labute approximate surface area is 181 Å². The van der Waals surface area contributed by atoms with Gasteiger partial charge in [-0.3, -0.25) is 19.3 Å². The number of hydrogen-bond donors (Lipinski definition) is 1. The molecule has 1 aliphatic heterocycles. The van der Waals surface area contributed by atoms with Crippen molar-refractivity contribution in [2.45, 2.75) is 23.6 Å². The van der Waals surface area contributed by atoms with Crippen molar-refractivity contribution < 1.29 is 23.9 Å². The van der Waals surface area contributed by atoms with Gasteiger partial charge in [-0.15, -0.1) is 0 Å². The molecule has 1 atom stereocenters. The van der Waals surface area contributed by atoms with Crippen LogP contribution >= 0.6 is 23.4 Å². The zero-order valence-electron chi connectivity index (χ0n) is 16.2. The molecule has 10 heteroatoms. The monoisotopic (exact) mass is 447 g/mol. The Bertz CT molecular complexity index is 1030. The van der Waals surface area contributed by atoms with Gasteiger partial charge in [-0.05, 0) is 36.8 Å². The summed E-state index contributed by atoms with van der Waals surface area (Å²) in [7, 11) is 1.42. The molecule has 2 aromatic rings. The van der Waals surface area contributed by atoms with E-state index in [1.165, 1.54) is 19.3 Å². The molecule has 3 amide bonds. The highest BCUT2D eigenvalue weighted by Crippen LogP contribution is 2.31. The number of pyridine rings is 1. The number of ether oxygens (including phenoxy) is 1. The number of anilines is 1. The first-order valence-electron chi connectivity index (χ1n) is 8.91. The number of imide groups is 1. The average molecular weight is 448 g/mol. The zero-order chi connectivity index (χ0) is 21.8. The number of nitrogens with one attached hydrogen (secondary N) is 1. The largest absolute Gasteiger partial charge is 0.452 e. The van der Waals surface area contributed by atoms with Gasteiger partial charge in [0, 0.05) is 30.4 Å². The van der Waals surface area contributed by atoms with Gasteiger partial charge in [-0.2, -0.15) is 0 Å². The minimum Gasteiger partial charge on any atom is -0.452 e. The molecule has 1 N–H and O–H groups in total. The number of carbonyl (C=O) groups excluding carboxylic acids is 4. The number of aryl methyl sites for hydroxylation is 1. The number of aromatic nitrogens is 1. The maximum Gasteiger partial charge on any atom is 0.341 e. The predicted molar refractivity (Wildman–Crippen MR) is 111 cm³/mol. The molecule has 0 spiro atoms. The summed E-state index contributed by atoms with van der Waals surface area (Å²) in [6.45, 7) is 1.33. The van der Waals surface area contributed by atoms with E-state index >= 15 is 0 Å². The number of nitrogens with zero attached hydrogens (tertiary/aromatic N) is 2. The summed E-state index contributed by atoms with van der Waals surface area (Å²) >= 11 is 7.05. The van der Waals surface area contributed by atoms with Crippen molar-refractivity contribution in [3.63, 3.8) is 0 Å². The Morgan fingerprint density at radius 1 is 1.33 bits per heavy atom. The third-order valence-corrected chi connectivity index (χ3v) is 5.98. The minimum atomic E-state index is -0.757. The van der Waals surface area contributed by atoms with E-state index in [0.717, 1.165) is 22.2 Å². The van der Waals surface area contributed by atoms with Crippen molar-refractivity contribution in [3.05, 3.63) is 52.7 Å². The van der Waals surface area contributed by atoms with Crippen LogP contribution < -0.4 is 5.32 Å². The molecule has 0 bridgehead atoms. The summed E-state index contributed by atoms with van der Waals surface area (Å²) in [6, 6.07) is 8.08. The molecule has 1 aromatic heterocycles. The van der Waals surface area contributed by atoms with Gasteiger partial charge >= 0.3 is 5.97 Å². The molecule has 1 aromatic carbocycles. The first-order valence-corrected chi connectivity index (χ1v) is 10.2. The maximum absolute atomic E-state index is 12.5. The number of hydrogen-bond acceptors (Lipinski definition) is 7. The Morgan fingerprint density at radius 2 is 2.10 bits per heavy atom. The maximum atomic E-state index is 12.5. The second-order valence-corrected chi connectivity index (χ2v) is 8.14. The lowest BCUT2D eigenvalue weighted by Crippen LogP contribution is -2.26. The van der Waals surface area contributed by atoms with Crippen molar-refractivity contribution in [2.24, 2.45) is 0 Å². The molecular weight excluding hydrogens is 430 g/mol. The first-order chi connectivity index (χ1) is 14.3. The number of halogens is 1. The van der Waals surface area contributed by atoms with Crippen LogP contribution in [0.15, 0.2) is 41.6 Å². The van der Waals surface area contributed by atoms with E-state index in [4.69, 9.17) is 16.3 Å². The van der Waals surface area contributed by atoms with Crippen LogP contribution in [0, 0.1) is 6.92 Å². The van der Waals surface area contributed by atoms with Crippen LogP contribution in [0.3, 0.4) is 0 Å². The minimum absolute atomic E-state index is 0.0343. The van der Waals surface area contributed by atoms with Crippen LogP contribution in [-0.2, 0) is 19.1 Å². The molecule has 1 aliphatic rings. The number of thioether (sulfide) groups is 1. The van der Waals surface area contributed by atoms with E-state index in [0.29, 0.717) is 10.7 Å².